The third-order valence-corrected chi connectivity index (χ3v) is 5.63. The van der Waals surface area contributed by atoms with E-state index in [4.69, 9.17) is 17.0 Å². The van der Waals surface area contributed by atoms with Gasteiger partial charge in [-0.25, -0.2) is 0 Å². The minimum atomic E-state index is -0.265. The molecular formula is C19H27BrN2O2S. The standard InChI is InChI=1S/C19H27BrN2O2S/c1-19(2,3)12-5-8-14(9-6-12)21-18(25)22-17(23)15-11-13(20)7-10-16(15)24-4/h7,10-12,14H,5-6,8-9H2,1-4H3,(H2,21,22,23,25). The van der Waals surface area contributed by atoms with Crippen molar-refractivity contribution >= 4 is 39.2 Å². The molecule has 1 amide bonds. The van der Waals surface area contributed by atoms with Crippen molar-refractivity contribution in [1.29, 1.82) is 0 Å². The van der Waals surface area contributed by atoms with Gasteiger partial charge in [-0.05, 0) is 67.4 Å². The van der Waals surface area contributed by atoms with Crippen molar-refractivity contribution in [2.24, 2.45) is 11.3 Å². The van der Waals surface area contributed by atoms with Crippen LogP contribution >= 0.6 is 28.1 Å². The molecule has 0 aromatic heterocycles. The fourth-order valence-corrected chi connectivity index (χ4v) is 3.97. The molecule has 2 rings (SSSR count). The van der Waals surface area contributed by atoms with Crippen LogP contribution in [-0.2, 0) is 0 Å². The van der Waals surface area contributed by atoms with Gasteiger partial charge in [0.05, 0.1) is 12.7 Å². The molecule has 0 aliphatic heterocycles. The fourth-order valence-electron chi connectivity index (χ4n) is 3.35. The maximum absolute atomic E-state index is 12.5. The molecule has 0 spiro atoms. The van der Waals surface area contributed by atoms with Crippen molar-refractivity contribution in [3.8, 4) is 5.75 Å². The molecule has 2 N–H and O–H groups in total. The van der Waals surface area contributed by atoms with E-state index in [1.54, 1.807) is 19.2 Å². The summed E-state index contributed by atoms with van der Waals surface area (Å²) >= 11 is 8.71. The highest BCUT2D eigenvalue weighted by Crippen LogP contribution is 2.37. The Morgan fingerprint density at radius 1 is 1.24 bits per heavy atom. The van der Waals surface area contributed by atoms with Gasteiger partial charge in [0, 0.05) is 10.5 Å². The van der Waals surface area contributed by atoms with Crippen molar-refractivity contribution in [1.82, 2.24) is 10.6 Å². The van der Waals surface area contributed by atoms with Gasteiger partial charge in [-0.15, -0.1) is 0 Å². The molecule has 0 unspecified atom stereocenters. The first-order valence-corrected chi connectivity index (χ1v) is 9.86. The fraction of sp³-hybridized carbons (Fsp3) is 0.579. The average molecular weight is 427 g/mol. The molecule has 1 saturated carbocycles. The largest absolute Gasteiger partial charge is 0.496 e. The van der Waals surface area contributed by atoms with E-state index in [0.29, 0.717) is 27.9 Å². The number of carbonyl (C=O) groups excluding carboxylic acids is 1. The van der Waals surface area contributed by atoms with Crippen LogP contribution < -0.4 is 15.4 Å². The number of hydrogen-bond acceptors (Lipinski definition) is 3. The molecule has 1 aliphatic carbocycles. The Labute approximate surface area is 164 Å². The zero-order valence-corrected chi connectivity index (χ0v) is 17.7. The zero-order valence-electron chi connectivity index (χ0n) is 15.3. The molecule has 0 atom stereocenters. The smallest absolute Gasteiger partial charge is 0.261 e. The normalized spacial score (nSPS) is 20.7. The SMILES string of the molecule is COc1ccc(Br)cc1C(=O)NC(=S)NC1CCC(C(C)(C)C)CC1. The second-order valence-electron chi connectivity index (χ2n) is 7.69. The van der Waals surface area contributed by atoms with E-state index < -0.39 is 0 Å². The topological polar surface area (TPSA) is 50.4 Å². The van der Waals surface area contributed by atoms with Crippen molar-refractivity contribution in [3.63, 3.8) is 0 Å². The number of amides is 1. The first-order valence-electron chi connectivity index (χ1n) is 8.66. The second kappa shape index (κ2) is 8.49. The van der Waals surface area contributed by atoms with Crippen LogP contribution in [0.3, 0.4) is 0 Å². The number of halogens is 1. The molecule has 6 heteroatoms. The lowest BCUT2D eigenvalue weighted by Gasteiger charge is -2.37. The molecule has 0 bridgehead atoms. The summed E-state index contributed by atoms with van der Waals surface area (Å²) in [5, 5.41) is 6.44. The molecule has 1 aliphatic rings. The molecule has 4 nitrogen and oxygen atoms in total. The van der Waals surface area contributed by atoms with Crippen LogP contribution in [0.25, 0.3) is 0 Å². The molecular weight excluding hydrogens is 400 g/mol. The van der Waals surface area contributed by atoms with Crippen LogP contribution in [0.1, 0.15) is 56.8 Å². The number of ether oxygens (including phenoxy) is 1. The van der Waals surface area contributed by atoms with Gasteiger partial charge in [0.1, 0.15) is 5.75 Å². The van der Waals surface area contributed by atoms with Crippen molar-refractivity contribution < 1.29 is 9.53 Å². The van der Waals surface area contributed by atoms with Crippen LogP contribution in [0.5, 0.6) is 5.75 Å². The molecule has 138 valence electrons. The molecule has 1 fully saturated rings. The van der Waals surface area contributed by atoms with Crippen molar-refractivity contribution in [2.45, 2.75) is 52.5 Å². The summed E-state index contributed by atoms with van der Waals surface area (Å²) in [6, 6.07) is 5.64. The first kappa shape index (κ1) is 20.2. The van der Waals surface area contributed by atoms with Gasteiger partial charge in [0.15, 0.2) is 5.11 Å². The Hall–Kier alpha value is -1.14. The molecule has 0 heterocycles. The van der Waals surface area contributed by atoms with E-state index in [0.717, 1.165) is 23.2 Å². The van der Waals surface area contributed by atoms with E-state index in [1.165, 1.54) is 12.8 Å². The Morgan fingerprint density at radius 2 is 1.88 bits per heavy atom. The Bertz CT molecular complexity index is 635. The van der Waals surface area contributed by atoms with Crippen LogP contribution in [0.15, 0.2) is 22.7 Å². The van der Waals surface area contributed by atoms with Gasteiger partial charge in [-0.3, -0.25) is 10.1 Å². The van der Waals surface area contributed by atoms with E-state index in [2.05, 4.69) is 47.3 Å². The first-order chi connectivity index (χ1) is 11.7. The predicted octanol–water partition coefficient (Wildman–Crippen LogP) is 4.67. The minimum absolute atomic E-state index is 0.265. The number of nitrogens with one attached hydrogen (secondary N) is 2. The van der Waals surface area contributed by atoms with Crippen molar-refractivity contribution in [3.05, 3.63) is 28.2 Å². The number of methoxy groups -OCH3 is 1. The van der Waals surface area contributed by atoms with Crippen molar-refractivity contribution in [2.75, 3.05) is 7.11 Å². The number of rotatable bonds is 3. The van der Waals surface area contributed by atoms with E-state index in [-0.39, 0.29) is 5.91 Å². The van der Waals surface area contributed by atoms with Gasteiger partial charge in [0.2, 0.25) is 0 Å². The number of hydrogen-bond donors (Lipinski definition) is 2. The lowest BCUT2D eigenvalue weighted by Crippen LogP contribution is -2.46. The number of carbonyl (C=O) groups is 1. The van der Waals surface area contributed by atoms with Gasteiger partial charge in [-0.1, -0.05) is 36.7 Å². The van der Waals surface area contributed by atoms with Gasteiger partial charge < -0.3 is 10.1 Å². The van der Waals surface area contributed by atoms with E-state index in [9.17, 15) is 4.79 Å². The quantitative estimate of drug-likeness (QED) is 0.689. The van der Waals surface area contributed by atoms with Crippen LogP contribution in [0, 0.1) is 11.3 Å². The van der Waals surface area contributed by atoms with Gasteiger partial charge >= 0.3 is 0 Å². The van der Waals surface area contributed by atoms with Crippen LogP contribution in [-0.4, -0.2) is 24.2 Å². The number of thiocarbonyl (C=S) groups is 1. The number of benzene rings is 1. The molecule has 0 radical (unpaired) electrons. The zero-order chi connectivity index (χ0) is 18.6. The summed E-state index contributed by atoms with van der Waals surface area (Å²) in [5.74, 6) is 1.01. The minimum Gasteiger partial charge on any atom is -0.496 e. The maximum atomic E-state index is 12.5. The Morgan fingerprint density at radius 3 is 2.44 bits per heavy atom. The Kier molecular flexibility index (Phi) is 6.86. The predicted molar refractivity (Wildman–Crippen MR) is 109 cm³/mol. The highest BCUT2D eigenvalue weighted by molar-refractivity contribution is 9.10. The average Bonchev–Trinajstić information content (AvgIpc) is 2.54. The molecule has 1 aromatic carbocycles. The summed E-state index contributed by atoms with van der Waals surface area (Å²) in [4.78, 5) is 12.5. The van der Waals surface area contributed by atoms with Gasteiger partial charge in [-0.2, -0.15) is 0 Å². The monoisotopic (exact) mass is 426 g/mol. The highest BCUT2D eigenvalue weighted by atomic mass is 79.9. The van der Waals surface area contributed by atoms with E-state index in [1.807, 2.05) is 6.07 Å². The highest BCUT2D eigenvalue weighted by Gasteiger charge is 2.30. The summed E-state index contributed by atoms with van der Waals surface area (Å²) in [6.07, 6.45) is 4.55. The third kappa shape index (κ3) is 5.68. The second-order valence-corrected chi connectivity index (χ2v) is 9.01. The lowest BCUT2D eigenvalue weighted by atomic mass is 9.71. The van der Waals surface area contributed by atoms with E-state index >= 15 is 0 Å². The van der Waals surface area contributed by atoms with Crippen LogP contribution in [0.2, 0.25) is 0 Å². The summed E-state index contributed by atoms with van der Waals surface area (Å²) in [6.45, 7) is 6.92. The van der Waals surface area contributed by atoms with Crippen LogP contribution in [0.4, 0.5) is 0 Å². The molecule has 25 heavy (non-hydrogen) atoms. The summed E-state index contributed by atoms with van der Waals surface area (Å²) < 4.78 is 6.07. The molecule has 0 saturated heterocycles. The third-order valence-electron chi connectivity index (χ3n) is 4.92. The summed E-state index contributed by atoms with van der Waals surface area (Å²) in [7, 11) is 1.55. The Balaban J connectivity index is 1.89. The maximum Gasteiger partial charge on any atom is 0.261 e. The van der Waals surface area contributed by atoms with Gasteiger partial charge in [0.25, 0.3) is 5.91 Å². The summed E-state index contributed by atoms with van der Waals surface area (Å²) in [5.41, 5.74) is 0.814. The lowest BCUT2D eigenvalue weighted by molar-refractivity contribution is 0.0973. The molecule has 1 aromatic rings.